The molecule has 11 heteroatoms. The molecule has 1 heterocycles. The quantitative estimate of drug-likeness (QED) is 0.280. The van der Waals surface area contributed by atoms with Gasteiger partial charge in [0.05, 0.1) is 28.3 Å². The van der Waals surface area contributed by atoms with Crippen LogP contribution in [0.1, 0.15) is 38.8 Å². The highest BCUT2D eigenvalue weighted by molar-refractivity contribution is 9.10. The van der Waals surface area contributed by atoms with Crippen molar-refractivity contribution in [3.05, 3.63) is 92.3 Å². The Labute approximate surface area is 236 Å². The molecule has 1 fully saturated rings. The largest absolute Gasteiger partial charge is 0.490 e. The van der Waals surface area contributed by atoms with Crippen LogP contribution in [0.3, 0.4) is 0 Å². The summed E-state index contributed by atoms with van der Waals surface area (Å²) in [5.74, 6) is -1.33. The van der Waals surface area contributed by atoms with Gasteiger partial charge in [-0.1, -0.05) is 34.1 Å². The third kappa shape index (κ3) is 6.68. The fourth-order valence-corrected chi connectivity index (χ4v) is 4.97. The fraction of sp³-hybridized carbons (Fsp3) is 0.143. The number of carbonyl (C=O) groups is 3. The van der Waals surface area contributed by atoms with E-state index >= 15 is 0 Å². The number of amides is 1. The van der Waals surface area contributed by atoms with Crippen molar-refractivity contribution in [3.63, 3.8) is 0 Å². The van der Waals surface area contributed by atoms with Gasteiger partial charge in [-0.2, -0.15) is 0 Å². The van der Waals surface area contributed by atoms with E-state index in [9.17, 15) is 19.5 Å². The molecule has 1 amide bonds. The van der Waals surface area contributed by atoms with Crippen LogP contribution in [-0.4, -0.2) is 51.8 Å². The maximum absolute atomic E-state index is 13.0. The summed E-state index contributed by atoms with van der Waals surface area (Å²) >= 11 is 4.73. The zero-order chi connectivity index (χ0) is 28.1. The van der Waals surface area contributed by atoms with Crippen LogP contribution >= 0.6 is 27.7 Å². The molecule has 9 nitrogen and oxygen atoms in total. The van der Waals surface area contributed by atoms with Crippen LogP contribution in [0.2, 0.25) is 0 Å². The van der Waals surface area contributed by atoms with Gasteiger partial charge < -0.3 is 19.7 Å². The number of thioether (sulfide) groups is 1. The van der Waals surface area contributed by atoms with E-state index in [0.29, 0.717) is 43.9 Å². The number of hydrogen-bond donors (Lipinski definition) is 2. The average Bonchev–Trinajstić information content (AvgIpc) is 3.17. The highest BCUT2D eigenvalue weighted by Crippen LogP contribution is 2.38. The number of hydrogen-bond acceptors (Lipinski definition) is 7. The molecule has 2 N–H and O–H groups in total. The maximum Gasteiger partial charge on any atom is 0.335 e. The van der Waals surface area contributed by atoms with Crippen LogP contribution in [0.5, 0.6) is 11.5 Å². The molecule has 3 aromatic carbocycles. The number of aromatic carboxylic acids is 2. The zero-order valence-corrected chi connectivity index (χ0v) is 23.3. The SMILES string of the molecule is CCOc1cc(/C=C2\SC(=Nc3cccc(C(=O)O)c3)N(C)C2=O)c(Br)cc1OCc1ccc(C(=O)O)cc1. The predicted octanol–water partition coefficient (Wildman–Crippen LogP) is 6.06. The lowest BCUT2D eigenvalue weighted by atomic mass is 10.1. The Kier molecular flexibility index (Phi) is 8.72. The molecule has 0 bridgehead atoms. The van der Waals surface area contributed by atoms with Crippen LogP contribution in [0.15, 0.2) is 75.0 Å². The average molecular weight is 611 g/mol. The van der Waals surface area contributed by atoms with Gasteiger partial charge in [0, 0.05) is 11.5 Å². The van der Waals surface area contributed by atoms with Crippen molar-refractivity contribution in [3.8, 4) is 11.5 Å². The van der Waals surface area contributed by atoms with Gasteiger partial charge in [0.1, 0.15) is 6.61 Å². The molecule has 0 aromatic heterocycles. The van der Waals surface area contributed by atoms with E-state index in [1.807, 2.05) is 6.92 Å². The topological polar surface area (TPSA) is 126 Å². The van der Waals surface area contributed by atoms with Crippen molar-refractivity contribution >= 4 is 62.5 Å². The molecule has 0 saturated carbocycles. The van der Waals surface area contributed by atoms with E-state index in [2.05, 4.69) is 20.9 Å². The van der Waals surface area contributed by atoms with Gasteiger partial charge in [-0.25, -0.2) is 14.6 Å². The van der Waals surface area contributed by atoms with Crippen LogP contribution in [0.4, 0.5) is 5.69 Å². The lowest BCUT2D eigenvalue weighted by Gasteiger charge is -2.14. The predicted molar refractivity (Wildman–Crippen MR) is 152 cm³/mol. The molecule has 4 rings (SSSR count). The summed E-state index contributed by atoms with van der Waals surface area (Å²) in [5.41, 5.74) is 2.21. The van der Waals surface area contributed by atoms with Crippen molar-refractivity contribution in [1.82, 2.24) is 4.90 Å². The lowest BCUT2D eigenvalue weighted by molar-refractivity contribution is -0.121. The van der Waals surface area contributed by atoms with Crippen LogP contribution in [0.25, 0.3) is 6.08 Å². The third-order valence-corrected chi connectivity index (χ3v) is 7.31. The number of likely N-dealkylation sites (N-methyl/N-ethyl adjacent to an activating group) is 1. The minimum atomic E-state index is -1.06. The number of ether oxygens (including phenoxy) is 2. The number of nitrogens with zero attached hydrogens (tertiary/aromatic N) is 2. The number of rotatable bonds is 9. The van der Waals surface area contributed by atoms with Crippen LogP contribution in [-0.2, 0) is 11.4 Å². The number of benzene rings is 3. The number of carboxylic acid groups (broad SMARTS) is 2. The number of aliphatic imine (C=N–C) groups is 1. The van der Waals surface area contributed by atoms with Gasteiger partial charge in [-0.05, 0) is 78.4 Å². The van der Waals surface area contributed by atoms with Gasteiger partial charge in [0.25, 0.3) is 5.91 Å². The van der Waals surface area contributed by atoms with Crippen molar-refractivity contribution in [1.29, 1.82) is 0 Å². The molecular weight excluding hydrogens is 588 g/mol. The second-order valence-corrected chi connectivity index (χ2v) is 10.1. The molecule has 0 radical (unpaired) electrons. The van der Waals surface area contributed by atoms with Crippen LogP contribution < -0.4 is 9.47 Å². The molecule has 0 spiro atoms. The van der Waals surface area contributed by atoms with E-state index in [1.165, 1.54) is 40.9 Å². The minimum absolute atomic E-state index is 0.108. The highest BCUT2D eigenvalue weighted by Gasteiger charge is 2.30. The first kappa shape index (κ1) is 27.9. The second-order valence-electron chi connectivity index (χ2n) is 8.27. The lowest BCUT2D eigenvalue weighted by Crippen LogP contribution is -2.23. The standard InChI is InChI=1S/C28H23BrN2O7S/c1-3-37-22-12-19(21(29)14-23(22)38-15-16-7-9-17(10-8-16)26(33)34)13-24-25(32)31(2)28(39-24)30-20-6-4-5-18(11-20)27(35)36/h4-14H,3,15H2,1-2H3,(H,33,34)(H,35,36)/b24-13-,30-28?. The Morgan fingerprint density at radius 1 is 1.00 bits per heavy atom. The minimum Gasteiger partial charge on any atom is -0.490 e. The van der Waals surface area contributed by atoms with Crippen LogP contribution in [0, 0.1) is 0 Å². The Morgan fingerprint density at radius 2 is 1.69 bits per heavy atom. The monoisotopic (exact) mass is 610 g/mol. The van der Waals surface area contributed by atoms with Gasteiger partial charge in [0.15, 0.2) is 16.7 Å². The number of carbonyl (C=O) groups excluding carboxylic acids is 1. The van der Waals surface area contributed by atoms with Crippen molar-refractivity contribution < 1.29 is 34.1 Å². The molecule has 1 aliphatic heterocycles. The summed E-state index contributed by atoms with van der Waals surface area (Å²) in [5, 5.41) is 18.7. The summed E-state index contributed by atoms with van der Waals surface area (Å²) in [7, 11) is 1.61. The van der Waals surface area contributed by atoms with E-state index in [-0.39, 0.29) is 23.6 Å². The van der Waals surface area contributed by atoms with Crippen molar-refractivity contribution in [2.45, 2.75) is 13.5 Å². The molecule has 0 atom stereocenters. The van der Waals surface area contributed by atoms with Crippen molar-refractivity contribution in [2.75, 3.05) is 13.7 Å². The van der Waals surface area contributed by atoms with Gasteiger partial charge in [-0.15, -0.1) is 0 Å². The normalized spacial score (nSPS) is 15.2. The molecule has 200 valence electrons. The molecule has 0 unspecified atom stereocenters. The highest BCUT2D eigenvalue weighted by atomic mass is 79.9. The number of amidine groups is 1. The number of carboxylic acids is 2. The Balaban J connectivity index is 1.57. The first-order chi connectivity index (χ1) is 18.7. The van der Waals surface area contributed by atoms with Gasteiger partial charge >= 0.3 is 11.9 Å². The maximum atomic E-state index is 13.0. The first-order valence-corrected chi connectivity index (χ1v) is 13.3. The molecule has 1 saturated heterocycles. The molecule has 39 heavy (non-hydrogen) atoms. The fourth-order valence-electron chi connectivity index (χ4n) is 3.56. The van der Waals surface area contributed by atoms with E-state index in [4.69, 9.17) is 14.6 Å². The summed E-state index contributed by atoms with van der Waals surface area (Å²) in [6.07, 6.45) is 1.72. The van der Waals surface area contributed by atoms with Gasteiger partial charge in [-0.3, -0.25) is 9.69 Å². The van der Waals surface area contributed by atoms with Crippen molar-refractivity contribution in [2.24, 2.45) is 4.99 Å². The second kappa shape index (κ2) is 12.2. The molecule has 3 aromatic rings. The van der Waals surface area contributed by atoms with Gasteiger partial charge in [0.2, 0.25) is 0 Å². The molecule has 1 aliphatic rings. The van der Waals surface area contributed by atoms with E-state index < -0.39 is 11.9 Å². The summed E-state index contributed by atoms with van der Waals surface area (Å²) in [6, 6.07) is 16.1. The molecule has 0 aliphatic carbocycles. The molecular formula is C28H23BrN2O7S. The van der Waals surface area contributed by atoms with E-state index in [0.717, 1.165) is 5.56 Å². The third-order valence-electron chi connectivity index (χ3n) is 5.57. The smallest absolute Gasteiger partial charge is 0.335 e. The Morgan fingerprint density at radius 3 is 2.36 bits per heavy atom. The zero-order valence-electron chi connectivity index (χ0n) is 20.9. The Hall–Kier alpha value is -4.09. The summed E-state index contributed by atoms with van der Waals surface area (Å²) in [6.45, 7) is 2.45. The number of halogens is 1. The first-order valence-electron chi connectivity index (χ1n) is 11.7. The van der Waals surface area contributed by atoms with E-state index in [1.54, 1.807) is 49.5 Å². The summed E-state index contributed by atoms with van der Waals surface area (Å²) < 4.78 is 12.4. The Bertz CT molecular complexity index is 1500. The summed E-state index contributed by atoms with van der Waals surface area (Å²) in [4.78, 5) is 41.6.